The molecule has 12 heteroatoms. The van der Waals surface area contributed by atoms with Crippen LogP contribution in [-0.2, 0) is 0 Å². The first kappa shape index (κ1) is 26.3. The van der Waals surface area contributed by atoms with Crippen LogP contribution >= 0.6 is 36.4 Å². The standard InChI is InChI=1S/C18H17ClF3N3O3.2ClH/c19-13-3-6-16(25(26)27)15(11-13)17(24-9-7-23-8-10-24)12-1-4-14(5-2-12)28-18(20,21)22;;/h1-6,11,17,23H,7-10H2;2*1H/t17-;;/m0../s1. The minimum Gasteiger partial charge on any atom is -0.406 e. The van der Waals surface area contributed by atoms with Gasteiger partial charge < -0.3 is 10.1 Å². The fourth-order valence-electron chi connectivity index (χ4n) is 3.29. The number of hydrogen-bond donors (Lipinski definition) is 1. The van der Waals surface area contributed by atoms with Crippen molar-refractivity contribution in [2.24, 2.45) is 0 Å². The highest BCUT2D eigenvalue weighted by atomic mass is 35.5. The van der Waals surface area contributed by atoms with Gasteiger partial charge in [-0.25, -0.2) is 0 Å². The Balaban J connectivity index is 0.00000225. The summed E-state index contributed by atoms with van der Waals surface area (Å²) in [7, 11) is 0. The Hall–Kier alpha value is -1.78. The number of nitro benzene ring substituents is 1. The van der Waals surface area contributed by atoms with Gasteiger partial charge >= 0.3 is 6.36 Å². The average molecular weight is 489 g/mol. The maximum absolute atomic E-state index is 12.4. The molecule has 0 unspecified atom stereocenters. The molecule has 0 saturated carbocycles. The number of ether oxygens (including phenoxy) is 1. The maximum Gasteiger partial charge on any atom is 0.573 e. The Morgan fingerprint density at radius 1 is 1.10 bits per heavy atom. The zero-order valence-corrected chi connectivity index (χ0v) is 17.8. The van der Waals surface area contributed by atoms with E-state index in [4.69, 9.17) is 11.6 Å². The van der Waals surface area contributed by atoms with E-state index in [9.17, 15) is 23.3 Å². The van der Waals surface area contributed by atoms with Gasteiger partial charge in [-0.2, -0.15) is 0 Å². The van der Waals surface area contributed by atoms with Gasteiger partial charge in [-0.1, -0.05) is 23.7 Å². The fourth-order valence-corrected chi connectivity index (χ4v) is 3.47. The van der Waals surface area contributed by atoms with E-state index < -0.39 is 17.3 Å². The van der Waals surface area contributed by atoms with Crippen LogP contribution in [0.15, 0.2) is 42.5 Å². The monoisotopic (exact) mass is 487 g/mol. The van der Waals surface area contributed by atoms with E-state index in [1.807, 2.05) is 4.90 Å². The van der Waals surface area contributed by atoms with Gasteiger partial charge in [0.1, 0.15) is 5.75 Å². The molecule has 1 N–H and O–H groups in total. The molecule has 1 atom stereocenters. The molecule has 1 aliphatic heterocycles. The molecule has 30 heavy (non-hydrogen) atoms. The van der Waals surface area contributed by atoms with Gasteiger partial charge in [-0.3, -0.25) is 15.0 Å². The Kier molecular flexibility index (Phi) is 9.64. The highest BCUT2D eigenvalue weighted by molar-refractivity contribution is 6.30. The van der Waals surface area contributed by atoms with E-state index in [0.29, 0.717) is 42.3 Å². The Morgan fingerprint density at radius 3 is 2.23 bits per heavy atom. The van der Waals surface area contributed by atoms with Gasteiger partial charge in [-0.05, 0) is 29.8 Å². The summed E-state index contributed by atoms with van der Waals surface area (Å²) in [6.07, 6.45) is -4.79. The average Bonchev–Trinajstić information content (AvgIpc) is 2.63. The zero-order valence-electron chi connectivity index (χ0n) is 15.4. The summed E-state index contributed by atoms with van der Waals surface area (Å²) in [5, 5.41) is 15.1. The number of nitrogens with one attached hydrogen (secondary N) is 1. The SMILES string of the molecule is Cl.Cl.O=[N+]([O-])c1ccc(Cl)cc1[C@H](c1ccc(OC(F)(F)F)cc1)N1CCNCC1. The summed E-state index contributed by atoms with van der Waals surface area (Å²) in [5.74, 6) is -0.351. The minimum atomic E-state index is -4.79. The molecule has 0 aliphatic carbocycles. The molecule has 0 bridgehead atoms. The van der Waals surface area contributed by atoms with Gasteiger partial charge in [0.15, 0.2) is 0 Å². The number of nitro groups is 1. The van der Waals surface area contributed by atoms with Gasteiger partial charge in [0.05, 0.1) is 16.5 Å². The molecule has 1 heterocycles. The molecular weight excluding hydrogens is 470 g/mol. The molecule has 2 aromatic carbocycles. The molecule has 2 aromatic rings. The molecule has 1 saturated heterocycles. The maximum atomic E-state index is 12.4. The third-order valence-corrected chi connectivity index (χ3v) is 4.66. The number of halogens is 6. The van der Waals surface area contributed by atoms with Crippen molar-refractivity contribution in [1.29, 1.82) is 0 Å². The third kappa shape index (κ3) is 6.61. The first-order valence-electron chi connectivity index (χ1n) is 8.49. The van der Waals surface area contributed by atoms with Gasteiger partial charge in [0.2, 0.25) is 0 Å². The summed E-state index contributed by atoms with van der Waals surface area (Å²) in [5.41, 5.74) is 0.911. The molecule has 1 fully saturated rings. The lowest BCUT2D eigenvalue weighted by Crippen LogP contribution is -2.45. The lowest BCUT2D eigenvalue weighted by molar-refractivity contribution is -0.385. The van der Waals surface area contributed by atoms with E-state index in [-0.39, 0.29) is 36.3 Å². The first-order valence-corrected chi connectivity index (χ1v) is 8.87. The molecule has 3 rings (SSSR count). The highest BCUT2D eigenvalue weighted by Crippen LogP contribution is 2.37. The summed E-state index contributed by atoms with van der Waals surface area (Å²) in [4.78, 5) is 13.1. The second-order valence-electron chi connectivity index (χ2n) is 6.27. The van der Waals surface area contributed by atoms with Crippen molar-refractivity contribution in [3.63, 3.8) is 0 Å². The van der Waals surface area contributed by atoms with Gasteiger partial charge in [0.25, 0.3) is 5.69 Å². The number of rotatable bonds is 5. The summed E-state index contributed by atoms with van der Waals surface area (Å²) in [6, 6.07) is 9.17. The normalized spacial score (nSPS) is 15.5. The molecule has 0 spiro atoms. The van der Waals surface area contributed by atoms with Crippen molar-refractivity contribution in [1.82, 2.24) is 10.2 Å². The van der Waals surface area contributed by atoms with Crippen LogP contribution < -0.4 is 10.1 Å². The van der Waals surface area contributed by atoms with Crippen LogP contribution in [0.2, 0.25) is 5.02 Å². The van der Waals surface area contributed by atoms with E-state index in [1.165, 1.54) is 42.5 Å². The van der Waals surface area contributed by atoms with Crippen molar-refractivity contribution >= 4 is 42.1 Å². The topological polar surface area (TPSA) is 67.6 Å². The molecule has 0 radical (unpaired) electrons. The first-order chi connectivity index (χ1) is 13.2. The van der Waals surface area contributed by atoms with Crippen molar-refractivity contribution < 1.29 is 22.8 Å². The second kappa shape index (κ2) is 11.0. The Bertz CT molecular complexity index is 848. The summed E-state index contributed by atoms with van der Waals surface area (Å²) >= 11 is 6.09. The smallest absolute Gasteiger partial charge is 0.406 e. The predicted molar refractivity (Wildman–Crippen MR) is 112 cm³/mol. The lowest BCUT2D eigenvalue weighted by Gasteiger charge is -2.35. The van der Waals surface area contributed by atoms with Crippen molar-refractivity contribution in [3.8, 4) is 5.75 Å². The van der Waals surface area contributed by atoms with Crippen molar-refractivity contribution in [3.05, 3.63) is 68.7 Å². The number of hydrogen-bond acceptors (Lipinski definition) is 5. The van der Waals surface area contributed by atoms with Crippen LogP contribution in [-0.4, -0.2) is 42.4 Å². The summed E-state index contributed by atoms with van der Waals surface area (Å²) in [6.45, 7) is 2.63. The molecule has 6 nitrogen and oxygen atoms in total. The molecule has 166 valence electrons. The molecular formula is C18H19Cl3F3N3O3. The van der Waals surface area contributed by atoms with Crippen LogP contribution in [0, 0.1) is 10.1 Å². The molecule has 0 amide bonds. The quantitative estimate of drug-likeness (QED) is 0.475. The highest BCUT2D eigenvalue weighted by Gasteiger charge is 2.32. The zero-order chi connectivity index (χ0) is 20.3. The number of alkyl halides is 3. The third-order valence-electron chi connectivity index (χ3n) is 4.43. The fraction of sp³-hybridized carbons (Fsp3) is 0.333. The van der Waals surface area contributed by atoms with Crippen LogP contribution in [0.25, 0.3) is 0 Å². The van der Waals surface area contributed by atoms with E-state index >= 15 is 0 Å². The number of benzene rings is 2. The Morgan fingerprint density at radius 2 is 1.70 bits per heavy atom. The van der Waals surface area contributed by atoms with E-state index in [2.05, 4.69) is 10.1 Å². The second-order valence-corrected chi connectivity index (χ2v) is 6.70. The number of nitrogens with zero attached hydrogens (tertiary/aromatic N) is 2. The van der Waals surface area contributed by atoms with Crippen molar-refractivity contribution in [2.75, 3.05) is 26.2 Å². The van der Waals surface area contributed by atoms with Crippen LogP contribution in [0.1, 0.15) is 17.2 Å². The molecule has 1 aliphatic rings. The lowest BCUT2D eigenvalue weighted by atomic mass is 9.95. The van der Waals surface area contributed by atoms with Crippen LogP contribution in [0.5, 0.6) is 5.75 Å². The Labute approximate surface area is 188 Å². The molecule has 0 aromatic heterocycles. The predicted octanol–water partition coefficient (Wildman–Crippen LogP) is 4.99. The van der Waals surface area contributed by atoms with Gasteiger partial charge in [-0.15, -0.1) is 38.0 Å². The van der Waals surface area contributed by atoms with E-state index in [0.717, 1.165) is 0 Å². The number of piperazine rings is 1. The van der Waals surface area contributed by atoms with Gasteiger partial charge in [0, 0.05) is 37.3 Å². The largest absolute Gasteiger partial charge is 0.573 e. The van der Waals surface area contributed by atoms with Crippen LogP contribution in [0.4, 0.5) is 18.9 Å². The van der Waals surface area contributed by atoms with E-state index in [1.54, 1.807) is 0 Å². The van der Waals surface area contributed by atoms with Crippen molar-refractivity contribution in [2.45, 2.75) is 12.4 Å². The summed E-state index contributed by atoms with van der Waals surface area (Å²) < 4.78 is 41.2. The van der Waals surface area contributed by atoms with Crippen LogP contribution in [0.3, 0.4) is 0 Å². The minimum absolute atomic E-state index is 0.